The van der Waals surface area contributed by atoms with Crippen LogP contribution in [0, 0.1) is 0 Å². The number of hydrogen-bond donors (Lipinski definition) is 1. The van der Waals surface area contributed by atoms with Gasteiger partial charge in [-0.05, 0) is 59.3 Å². The second kappa shape index (κ2) is 9.74. The fraction of sp³-hybridized carbons (Fsp3) is 0.226. The zero-order valence-electron chi connectivity index (χ0n) is 21.6. The zero-order valence-corrected chi connectivity index (χ0v) is 21.6. The van der Waals surface area contributed by atoms with E-state index in [1.165, 1.54) is 5.39 Å². The van der Waals surface area contributed by atoms with Crippen molar-refractivity contribution in [1.29, 1.82) is 0 Å². The monoisotopic (exact) mass is 506 g/mol. The molecular formula is C31H30N4O3. The predicted molar refractivity (Wildman–Crippen MR) is 148 cm³/mol. The number of aromatic amines is 1. The number of ether oxygens (including phenoxy) is 1. The molecule has 5 aromatic rings. The standard InChI is InChI=1S/C31H30N4O3/c1-33-13-12-23-9-8-22(15-29(23)33)18-35-25(14-21-6-4-3-5-7-21)19-34(20-30(35)36)31(37)28-17-24-16-26(38-2)10-11-27(24)32-28/h3-13,15-17,25,32H,14,18-20H2,1-2H3/t25-/m0/s1. The number of nitrogens with one attached hydrogen (secondary N) is 1. The minimum absolute atomic E-state index is 0.0460. The normalized spacial score (nSPS) is 15.9. The van der Waals surface area contributed by atoms with Gasteiger partial charge < -0.3 is 24.1 Å². The molecule has 3 aromatic carbocycles. The molecule has 0 spiro atoms. The van der Waals surface area contributed by atoms with Gasteiger partial charge in [0.25, 0.3) is 5.91 Å². The number of hydrogen-bond acceptors (Lipinski definition) is 3. The third-order valence-corrected chi connectivity index (χ3v) is 7.48. The smallest absolute Gasteiger partial charge is 0.270 e. The zero-order chi connectivity index (χ0) is 26.2. The van der Waals surface area contributed by atoms with Crippen molar-refractivity contribution in [3.8, 4) is 5.75 Å². The lowest BCUT2D eigenvalue weighted by atomic mass is 10.0. The van der Waals surface area contributed by atoms with E-state index in [1.54, 1.807) is 12.0 Å². The summed E-state index contributed by atoms with van der Waals surface area (Å²) in [5, 5.41) is 2.07. The van der Waals surface area contributed by atoms with E-state index in [0.29, 0.717) is 25.2 Å². The van der Waals surface area contributed by atoms with Crippen LogP contribution in [0.3, 0.4) is 0 Å². The number of methoxy groups -OCH3 is 1. The Balaban J connectivity index is 1.28. The van der Waals surface area contributed by atoms with Crippen LogP contribution in [0.1, 0.15) is 21.6 Å². The summed E-state index contributed by atoms with van der Waals surface area (Å²) in [6, 6.07) is 25.9. The number of H-pyrrole nitrogens is 1. The molecule has 1 saturated heterocycles. The van der Waals surface area contributed by atoms with Gasteiger partial charge in [0, 0.05) is 42.8 Å². The minimum Gasteiger partial charge on any atom is -0.497 e. The van der Waals surface area contributed by atoms with Crippen molar-refractivity contribution in [2.45, 2.75) is 19.0 Å². The summed E-state index contributed by atoms with van der Waals surface area (Å²) < 4.78 is 7.41. The Morgan fingerprint density at radius 2 is 1.82 bits per heavy atom. The lowest BCUT2D eigenvalue weighted by Crippen LogP contribution is -2.58. The third kappa shape index (κ3) is 4.52. The second-order valence-corrected chi connectivity index (χ2v) is 10.0. The van der Waals surface area contributed by atoms with Crippen LogP contribution in [-0.2, 0) is 24.8 Å². The molecule has 1 N–H and O–H groups in total. The van der Waals surface area contributed by atoms with Gasteiger partial charge in [0.15, 0.2) is 0 Å². The molecule has 1 atom stereocenters. The molecule has 7 heteroatoms. The molecule has 0 aliphatic carbocycles. The van der Waals surface area contributed by atoms with Gasteiger partial charge in [-0.1, -0.05) is 42.5 Å². The number of aromatic nitrogens is 2. The molecule has 6 rings (SSSR count). The number of rotatable bonds is 6. The molecule has 0 saturated carbocycles. The predicted octanol–water partition coefficient (Wildman–Crippen LogP) is 4.76. The van der Waals surface area contributed by atoms with Gasteiger partial charge in [-0.25, -0.2) is 0 Å². The maximum Gasteiger partial charge on any atom is 0.270 e. The highest BCUT2D eigenvalue weighted by atomic mass is 16.5. The lowest BCUT2D eigenvalue weighted by Gasteiger charge is -2.41. The van der Waals surface area contributed by atoms with E-state index in [1.807, 2.05) is 60.6 Å². The van der Waals surface area contributed by atoms with E-state index in [4.69, 9.17) is 4.74 Å². The molecule has 2 amide bonds. The summed E-state index contributed by atoms with van der Waals surface area (Å²) in [4.78, 5) is 34.0. The average Bonchev–Trinajstić information content (AvgIpc) is 3.53. The Kier molecular flexibility index (Phi) is 6.12. The quantitative estimate of drug-likeness (QED) is 0.361. The van der Waals surface area contributed by atoms with Gasteiger partial charge in [-0.15, -0.1) is 0 Å². The molecule has 38 heavy (non-hydrogen) atoms. The first-order chi connectivity index (χ1) is 18.5. The molecule has 192 valence electrons. The van der Waals surface area contributed by atoms with Crippen LogP contribution in [0.15, 0.2) is 85.1 Å². The fourth-order valence-electron chi connectivity index (χ4n) is 5.43. The Bertz CT molecular complexity index is 1640. The fourth-order valence-corrected chi connectivity index (χ4v) is 5.43. The van der Waals surface area contributed by atoms with Gasteiger partial charge in [-0.2, -0.15) is 0 Å². The van der Waals surface area contributed by atoms with Crippen LogP contribution >= 0.6 is 0 Å². The van der Waals surface area contributed by atoms with Gasteiger partial charge in [0.05, 0.1) is 13.2 Å². The summed E-state index contributed by atoms with van der Waals surface area (Å²) in [5.74, 6) is 0.516. The molecule has 0 radical (unpaired) electrons. The van der Waals surface area contributed by atoms with Crippen LogP contribution in [0.5, 0.6) is 5.75 Å². The van der Waals surface area contributed by atoms with Crippen molar-refractivity contribution in [3.63, 3.8) is 0 Å². The molecule has 2 aromatic heterocycles. The van der Waals surface area contributed by atoms with Crippen LogP contribution < -0.4 is 4.74 Å². The van der Waals surface area contributed by atoms with Gasteiger partial charge in [0.2, 0.25) is 5.91 Å². The first-order valence-corrected chi connectivity index (χ1v) is 12.8. The lowest BCUT2D eigenvalue weighted by molar-refractivity contribution is -0.139. The number of benzene rings is 3. The van der Waals surface area contributed by atoms with Crippen LogP contribution in [0.4, 0.5) is 0 Å². The molecule has 1 aliphatic rings. The summed E-state index contributed by atoms with van der Waals surface area (Å²) >= 11 is 0. The van der Waals surface area contributed by atoms with Gasteiger partial charge in [0.1, 0.15) is 18.0 Å². The van der Waals surface area contributed by atoms with E-state index in [9.17, 15) is 9.59 Å². The van der Waals surface area contributed by atoms with E-state index < -0.39 is 0 Å². The van der Waals surface area contributed by atoms with Crippen LogP contribution in [0.2, 0.25) is 0 Å². The van der Waals surface area contributed by atoms with Gasteiger partial charge in [-0.3, -0.25) is 9.59 Å². The van der Waals surface area contributed by atoms with E-state index in [0.717, 1.165) is 33.3 Å². The molecule has 1 fully saturated rings. The number of carbonyl (C=O) groups is 2. The molecule has 3 heterocycles. The van der Waals surface area contributed by atoms with Crippen LogP contribution in [0.25, 0.3) is 21.8 Å². The summed E-state index contributed by atoms with van der Waals surface area (Å²) in [6.45, 7) is 1.02. The van der Waals surface area contributed by atoms with Crippen LogP contribution in [-0.4, -0.2) is 57.4 Å². The Morgan fingerprint density at radius 3 is 2.63 bits per heavy atom. The highest BCUT2D eigenvalue weighted by Gasteiger charge is 2.35. The summed E-state index contributed by atoms with van der Waals surface area (Å²) in [7, 11) is 3.65. The number of fused-ring (bicyclic) bond motifs is 2. The Morgan fingerprint density at radius 1 is 0.974 bits per heavy atom. The first-order valence-electron chi connectivity index (χ1n) is 12.8. The molecule has 0 bridgehead atoms. The Labute approximate surface area is 221 Å². The number of carbonyl (C=O) groups excluding carboxylic acids is 2. The van der Waals surface area contributed by atoms with Crippen molar-refractivity contribution in [2.24, 2.45) is 7.05 Å². The number of piperazine rings is 1. The maximum atomic E-state index is 13.6. The van der Waals surface area contributed by atoms with E-state index in [-0.39, 0.29) is 24.4 Å². The molecular weight excluding hydrogens is 476 g/mol. The van der Waals surface area contributed by atoms with Gasteiger partial charge >= 0.3 is 0 Å². The topological polar surface area (TPSA) is 70.6 Å². The van der Waals surface area contributed by atoms with E-state index >= 15 is 0 Å². The van der Waals surface area contributed by atoms with Crippen molar-refractivity contribution >= 4 is 33.6 Å². The number of aryl methyl sites for hydroxylation is 1. The largest absolute Gasteiger partial charge is 0.497 e. The highest BCUT2D eigenvalue weighted by molar-refractivity contribution is 6.00. The summed E-state index contributed by atoms with van der Waals surface area (Å²) in [5.41, 5.74) is 4.69. The third-order valence-electron chi connectivity index (χ3n) is 7.48. The van der Waals surface area contributed by atoms with E-state index in [2.05, 4.69) is 45.9 Å². The van der Waals surface area contributed by atoms with Crippen molar-refractivity contribution in [3.05, 3.63) is 102 Å². The molecule has 0 unspecified atom stereocenters. The Hall–Kier alpha value is -4.52. The van der Waals surface area contributed by atoms with Crippen molar-refractivity contribution in [1.82, 2.24) is 19.4 Å². The van der Waals surface area contributed by atoms with Crippen molar-refractivity contribution < 1.29 is 14.3 Å². The average molecular weight is 507 g/mol. The first kappa shape index (κ1) is 23.9. The van der Waals surface area contributed by atoms with Crippen molar-refractivity contribution in [2.75, 3.05) is 20.2 Å². The number of amides is 2. The highest BCUT2D eigenvalue weighted by Crippen LogP contribution is 2.25. The second-order valence-electron chi connectivity index (χ2n) is 10.0. The molecule has 1 aliphatic heterocycles. The SMILES string of the molecule is COc1ccc2[nH]c(C(=O)N3CC(=O)N(Cc4ccc5ccn(C)c5c4)[C@@H](Cc4ccccc4)C3)cc2c1. The maximum absolute atomic E-state index is 13.6. The minimum atomic E-state index is -0.170. The number of nitrogens with zero attached hydrogens (tertiary/aromatic N) is 3. The summed E-state index contributed by atoms with van der Waals surface area (Å²) in [6.07, 6.45) is 2.72. The molecule has 7 nitrogen and oxygen atoms in total.